The number of hydrogen-bond acceptors (Lipinski definition) is 3. The zero-order valence-corrected chi connectivity index (χ0v) is 35.7. The van der Waals surface area contributed by atoms with E-state index >= 15 is 0 Å². The molecular weight excluding hydrogens is 777 g/mol. The molecular formula is C61H44N2O. The molecule has 10 aromatic carbocycles. The van der Waals surface area contributed by atoms with Crippen molar-refractivity contribution < 1.29 is 4.74 Å². The lowest BCUT2D eigenvalue weighted by atomic mass is 9.82. The van der Waals surface area contributed by atoms with Gasteiger partial charge in [-0.3, -0.25) is 0 Å². The van der Waals surface area contributed by atoms with Crippen molar-refractivity contribution in [1.82, 2.24) is 0 Å². The summed E-state index contributed by atoms with van der Waals surface area (Å²) in [4.78, 5) is 4.73. The van der Waals surface area contributed by atoms with Gasteiger partial charge < -0.3 is 14.5 Å². The molecule has 12 rings (SSSR count). The Morgan fingerprint density at radius 1 is 0.359 bits per heavy atom. The lowest BCUT2D eigenvalue weighted by Gasteiger charge is -2.33. The monoisotopic (exact) mass is 820 g/mol. The van der Waals surface area contributed by atoms with Gasteiger partial charge in [-0.05, 0) is 122 Å². The second kappa shape index (κ2) is 15.0. The molecule has 1 aliphatic carbocycles. The second-order valence-corrected chi connectivity index (χ2v) is 17.3. The van der Waals surface area contributed by atoms with Crippen molar-refractivity contribution in [2.24, 2.45) is 0 Å². The van der Waals surface area contributed by atoms with Gasteiger partial charge in [-0.25, -0.2) is 0 Å². The van der Waals surface area contributed by atoms with E-state index in [0.717, 1.165) is 73.1 Å². The average Bonchev–Trinajstić information content (AvgIpc) is 3.58. The fourth-order valence-electron chi connectivity index (χ4n) is 10.1. The Morgan fingerprint density at radius 2 is 0.875 bits per heavy atom. The van der Waals surface area contributed by atoms with Gasteiger partial charge in [0.05, 0.1) is 11.4 Å². The van der Waals surface area contributed by atoms with Crippen LogP contribution in [0.2, 0.25) is 0 Å². The smallest absolute Gasteiger partial charge is 0.159 e. The third kappa shape index (κ3) is 6.12. The summed E-state index contributed by atoms with van der Waals surface area (Å²) < 4.78 is 7.32. The Labute approximate surface area is 374 Å². The van der Waals surface area contributed by atoms with Gasteiger partial charge in [0.2, 0.25) is 0 Å². The molecule has 0 N–H and O–H groups in total. The summed E-state index contributed by atoms with van der Waals surface area (Å²) in [5, 5.41) is 2.22. The van der Waals surface area contributed by atoms with Crippen LogP contribution in [0.3, 0.4) is 0 Å². The molecule has 0 atom stereocenters. The van der Waals surface area contributed by atoms with Gasteiger partial charge in [0.15, 0.2) is 5.75 Å². The van der Waals surface area contributed by atoms with E-state index in [0.29, 0.717) is 0 Å². The number of ether oxygens (including phenoxy) is 1. The van der Waals surface area contributed by atoms with Crippen molar-refractivity contribution in [1.29, 1.82) is 0 Å². The van der Waals surface area contributed by atoms with Crippen LogP contribution >= 0.6 is 0 Å². The average molecular weight is 821 g/mol. The number of para-hydroxylation sites is 2. The molecule has 0 bridgehead atoms. The summed E-state index contributed by atoms with van der Waals surface area (Å²) in [6.45, 7) is 4.70. The Morgan fingerprint density at radius 3 is 1.56 bits per heavy atom. The summed E-state index contributed by atoms with van der Waals surface area (Å²) in [6.07, 6.45) is 0. The lowest BCUT2D eigenvalue weighted by molar-refractivity contribution is 0.488. The minimum absolute atomic E-state index is 0.163. The van der Waals surface area contributed by atoms with Crippen LogP contribution in [0.4, 0.5) is 34.1 Å². The van der Waals surface area contributed by atoms with Gasteiger partial charge in [-0.2, -0.15) is 0 Å². The predicted molar refractivity (Wildman–Crippen MR) is 267 cm³/mol. The highest BCUT2D eigenvalue weighted by molar-refractivity contribution is 6.11. The molecule has 304 valence electrons. The Kier molecular flexibility index (Phi) is 8.84. The van der Waals surface area contributed by atoms with Crippen LogP contribution in [-0.4, -0.2) is 0 Å². The van der Waals surface area contributed by atoms with Gasteiger partial charge >= 0.3 is 0 Å². The number of fused-ring (bicyclic) bond motifs is 5. The summed E-state index contributed by atoms with van der Waals surface area (Å²) in [5.41, 5.74) is 18.4. The molecule has 0 aromatic heterocycles. The van der Waals surface area contributed by atoms with Crippen LogP contribution in [-0.2, 0) is 5.41 Å². The van der Waals surface area contributed by atoms with Gasteiger partial charge in [0.1, 0.15) is 5.75 Å². The lowest BCUT2D eigenvalue weighted by Crippen LogP contribution is -2.17. The number of benzene rings is 10. The van der Waals surface area contributed by atoms with Gasteiger partial charge in [-0.1, -0.05) is 178 Å². The van der Waals surface area contributed by atoms with Crippen molar-refractivity contribution in [3.05, 3.63) is 242 Å². The first-order valence-electron chi connectivity index (χ1n) is 22.1. The Balaban J connectivity index is 1.03. The van der Waals surface area contributed by atoms with Crippen LogP contribution in [0.15, 0.2) is 231 Å². The molecule has 0 radical (unpaired) electrons. The van der Waals surface area contributed by atoms with E-state index in [2.05, 4.69) is 254 Å². The molecule has 0 saturated carbocycles. The minimum atomic E-state index is -0.163. The summed E-state index contributed by atoms with van der Waals surface area (Å²) in [7, 11) is 0. The summed E-state index contributed by atoms with van der Waals surface area (Å²) in [6, 6.07) is 83.0. The number of rotatable bonds is 8. The normalized spacial score (nSPS) is 12.8. The Hall–Kier alpha value is -8.14. The number of hydrogen-bond donors (Lipinski definition) is 0. The first-order chi connectivity index (χ1) is 31.5. The fourth-order valence-corrected chi connectivity index (χ4v) is 10.1. The van der Waals surface area contributed by atoms with E-state index in [1.54, 1.807) is 0 Å². The molecule has 0 saturated heterocycles. The molecule has 0 amide bonds. The maximum atomic E-state index is 7.32. The predicted octanol–water partition coefficient (Wildman–Crippen LogP) is 17.2. The van der Waals surface area contributed by atoms with E-state index < -0.39 is 0 Å². The molecule has 0 fully saturated rings. The molecule has 64 heavy (non-hydrogen) atoms. The van der Waals surface area contributed by atoms with Crippen LogP contribution < -0.4 is 14.5 Å². The molecule has 0 spiro atoms. The van der Waals surface area contributed by atoms with Gasteiger partial charge in [-0.15, -0.1) is 0 Å². The first-order valence-corrected chi connectivity index (χ1v) is 22.1. The number of nitrogens with zero attached hydrogens (tertiary/aromatic N) is 2. The van der Waals surface area contributed by atoms with E-state index in [-0.39, 0.29) is 5.41 Å². The van der Waals surface area contributed by atoms with E-state index in [9.17, 15) is 0 Å². The van der Waals surface area contributed by atoms with Gasteiger partial charge in [0.25, 0.3) is 0 Å². The largest absolute Gasteiger partial charge is 0.454 e. The Bertz CT molecular complexity index is 3320. The van der Waals surface area contributed by atoms with Crippen LogP contribution in [0.25, 0.3) is 55.3 Å². The van der Waals surface area contributed by atoms with Crippen molar-refractivity contribution in [2.45, 2.75) is 19.3 Å². The van der Waals surface area contributed by atoms with Crippen LogP contribution in [0.5, 0.6) is 11.5 Å². The van der Waals surface area contributed by atoms with Crippen molar-refractivity contribution >= 4 is 44.9 Å². The third-order valence-corrected chi connectivity index (χ3v) is 13.2. The molecule has 3 heteroatoms. The first kappa shape index (κ1) is 37.6. The SMILES string of the molecule is CC1(C)c2ccccc2-c2ccc(N(c3ccc(-c4ccc(-c5ccccc5)cc4)cc3)c3ccc4cccc5c4c3Oc3cccc(N(c4ccccc4)c4ccccc4)c3-5)cc21. The second-order valence-electron chi connectivity index (χ2n) is 17.3. The van der Waals surface area contributed by atoms with E-state index in [4.69, 9.17) is 4.74 Å². The van der Waals surface area contributed by atoms with Crippen molar-refractivity contribution in [2.75, 3.05) is 9.80 Å². The zero-order valence-electron chi connectivity index (χ0n) is 35.7. The summed E-state index contributed by atoms with van der Waals surface area (Å²) >= 11 is 0. The highest BCUT2D eigenvalue weighted by Gasteiger charge is 2.36. The maximum Gasteiger partial charge on any atom is 0.159 e. The summed E-state index contributed by atoms with van der Waals surface area (Å²) in [5.74, 6) is 1.66. The molecule has 3 nitrogen and oxygen atoms in total. The maximum absolute atomic E-state index is 7.32. The fraction of sp³-hybridized carbons (Fsp3) is 0.0492. The van der Waals surface area contributed by atoms with Crippen molar-refractivity contribution in [3.63, 3.8) is 0 Å². The van der Waals surface area contributed by atoms with Crippen LogP contribution in [0.1, 0.15) is 25.0 Å². The number of anilines is 6. The topological polar surface area (TPSA) is 15.7 Å². The minimum Gasteiger partial charge on any atom is -0.454 e. The third-order valence-electron chi connectivity index (χ3n) is 13.2. The van der Waals surface area contributed by atoms with E-state index in [1.807, 2.05) is 0 Å². The molecule has 1 aliphatic heterocycles. The highest BCUT2D eigenvalue weighted by atomic mass is 16.5. The van der Waals surface area contributed by atoms with Crippen LogP contribution in [0, 0.1) is 0 Å². The van der Waals surface area contributed by atoms with Gasteiger partial charge in [0, 0.05) is 39.1 Å². The molecule has 1 heterocycles. The molecule has 0 unspecified atom stereocenters. The molecule has 10 aromatic rings. The van der Waals surface area contributed by atoms with E-state index in [1.165, 1.54) is 38.9 Å². The highest BCUT2D eigenvalue weighted by Crippen LogP contribution is 2.57. The quantitative estimate of drug-likeness (QED) is 0.152. The molecule has 2 aliphatic rings. The zero-order chi connectivity index (χ0) is 42.8. The van der Waals surface area contributed by atoms with Crippen molar-refractivity contribution in [3.8, 4) is 56.0 Å². The standard InChI is InChI=1S/C61H44N2O/c1-61(2)53-25-13-12-23-50(53)51-38-37-49(40-54(51)61)63(48-35-32-44(33-36-48)43-30-28-42(29-31-43)41-16-6-3-7-17-41)56-39-34-45-18-14-24-52-58(45)60(56)64-57-27-15-26-55(59(52)57)62(46-19-8-4-9-20-46)47-21-10-5-11-22-47/h3-40H,1-2H3.